The molecule has 4 atom stereocenters. The van der Waals surface area contributed by atoms with E-state index >= 15 is 0 Å². The maximum Gasteiger partial charge on any atom is 0.326 e. The van der Waals surface area contributed by atoms with Gasteiger partial charge < -0.3 is 43.4 Å². The molecule has 0 aliphatic heterocycles. The summed E-state index contributed by atoms with van der Waals surface area (Å²) >= 11 is 3.82. The van der Waals surface area contributed by atoms with Gasteiger partial charge in [-0.1, -0.05) is 0 Å². The molecule has 0 aliphatic rings. The highest BCUT2D eigenvalue weighted by atomic mass is 32.1. The zero-order chi connectivity index (χ0) is 22.7. The van der Waals surface area contributed by atoms with Crippen molar-refractivity contribution in [1.82, 2.24) is 16.0 Å². The first-order valence-corrected chi connectivity index (χ1v) is 8.73. The van der Waals surface area contributed by atoms with Gasteiger partial charge in [0, 0.05) is 5.75 Å². The van der Waals surface area contributed by atoms with Gasteiger partial charge >= 0.3 is 5.97 Å². The van der Waals surface area contributed by atoms with Gasteiger partial charge in [-0.05, 0) is 0 Å². The molecule has 29 heavy (non-hydrogen) atoms. The molecule has 0 aromatic carbocycles. The lowest BCUT2D eigenvalue weighted by Gasteiger charge is -2.23. The van der Waals surface area contributed by atoms with Crippen LogP contribution in [0.2, 0.25) is 0 Å². The van der Waals surface area contributed by atoms with Gasteiger partial charge in [0.05, 0.1) is 25.5 Å². The number of aliphatic carboxylic acids is 1. The number of nitrogens with one attached hydrogen (secondary N) is 3. The minimum absolute atomic E-state index is 0.0469. The van der Waals surface area contributed by atoms with Crippen LogP contribution < -0.4 is 33.2 Å². The molecule has 0 spiro atoms. The van der Waals surface area contributed by atoms with E-state index in [1.165, 1.54) is 0 Å². The second-order valence-electron chi connectivity index (χ2n) is 5.83. The van der Waals surface area contributed by atoms with Crippen LogP contribution in [0.4, 0.5) is 0 Å². The van der Waals surface area contributed by atoms with E-state index in [0.29, 0.717) is 0 Å². The standard InChI is InChI=1S/C14H24N6O8S/c15-5(4-29)11(24)20-8(3-21)13(26)18-6(1-9(16)22)12(25)19-7(14(27)28)2-10(17)23/h5-8,21,29H,1-4,15H2,(H2,16,22)(H2,17,23)(H,18,26)(H,19,25)(H,20,24)(H,27,28). The van der Waals surface area contributed by atoms with E-state index < -0.39 is 79.1 Å². The molecule has 0 fully saturated rings. The number of thiol groups is 1. The highest BCUT2D eigenvalue weighted by Crippen LogP contribution is 1.99. The first-order chi connectivity index (χ1) is 13.4. The van der Waals surface area contributed by atoms with Crippen LogP contribution in [-0.2, 0) is 28.8 Å². The van der Waals surface area contributed by atoms with E-state index in [1.54, 1.807) is 0 Å². The summed E-state index contributed by atoms with van der Waals surface area (Å²) in [5.41, 5.74) is 15.4. The van der Waals surface area contributed by atoms with Crippen LogP contribution in [0.25, 0.3) is 0 Å². The Hall–Kier alpha value is -2.91. The fourth-order valence-electron chi connectivity index (χ4n) is 1.91. The Kier molecular flexibility index (Phi) is 11.3. The lowest BCUT2D eigenvalue weighted by atomic mass is 10.1. The quantitative estimate of drug-likeness (QED) is 0.125. The molecule has 11 N–H and O–H groups in total. The van der Waals surface area contributed by atoms with Gasteiger partial charge in [0.25, 0.3) is 0 Å². The topological polar surface area (TPSA) is 257 Å². The van der Waals surface area contributed by atoms with Crippen molar-refractivity contribution in [1.29, 1.82) is 0 Å². The Balaban J connectivity index is 5.29. The molecule has 4 unspecified atom stereocenters. The molecule has 14 nitrogen and oxygen atoms in total. The largest absolute Gasteiger partial charge is 0.480 e. The fourth-order valence-corrected chi connectivity index (χ4v) is 2.08. The monoisotopic (exact) mass is 436 g/mol. The molecule has 0 saturated heterocycles. The lowest BCUT2D eigenvalue weighted by molar-refractivity contribution is -0.144. The number of rotatable bonds is 13. The van der Waals surface area contributed by atoms with Crippen molar-refractivity contribution in [2.24, 2.45) is 17.2 Å². The van der Waals surface area contributed by atoms with Gasteiger partial charge in [0.15, 0.2) is 0 Å². The SMILES string of the molecule is NC(=O)CC(NC(=O)C(CC(N)=O)NC(=O)C(CO)NC(=O)C(N)CS)C(=O)O. The number of hydrogen-bond donors (Lipinski definition) is 9. The Morgan fingerprint density at radius 3 is 1.62 bits per heavy atom. The van der Waals surface area contributed by atoms with E-state index in [9.17, 15) is 33.9 Å². The van der Waals surface area contributed by atoms with Gasteiger partial charge in [0.2, 0.25) is 29.5 Å². The number of carboxylic acid groups (broad SMARTS) is 1. The minimum Gasteiger partial charge on any atom is -0.480 e. The van der Waals surface area contributed by atoms with Crippen molar-refractivity contribution in [3.8, 4) is 0 Å². The van der Waals surface area contributed by atoms with Crippen LogP contribution in [-0.4, -0.2) is 82.2 Å². The molecule has 0 bridgehead atoms. The van der Waals surface area contributed by atoms with Crippen LogP contribution in [0.5, 0.6) is 0 Å². The smallest absolute Gasteiger partial charge is 0.326 e. The highest BCUT2D eigenvalue weighted by molar-refractivity contribution is 7.80. The Labute approximate surface area is 170 Å². The molecule has 0 aromatic heterocycles. The number of carbonyl (C=O) groups excluding carboxylic acids is 5. The summed E-state index contributed by atoms with van der Waals surface area (Å²) < 4.78 is 0. The number of hydrogen-bond acceptors (Lipinski definition) is 9. The summed E-state index contributed by atoms with van der Waals surface area (Å²) in [5.74, 6) is -6.70. The molecule has 0 saturated carbocycles. The molecule has 0 heterocycles. The molecular weight excluding hydrogens is 412 g/mol. The second-order valence-corrected chi connectivity index (χ2v) is 6.20. The predicted molar refractivity (Wildman–Crippen MR) is 100.0 cm³/mol. The number of amides is 5. The lowest BCUT2D eigenvalue weighted by Crippen LogP contribution is -2.59. The molecular formula is C14H24N6O8S. The van der Waals surface area contributed by atoms with Gasteiger partial charge in [-0.2, -0.15) is 12.6 Å². The number of carbonyl (C=O) groups is 6. The van der Waals surface area contributed by atoms with Crippen molar-refractivity contribution in [2.75, 3.05) is 12.4 Å². The maximum absolute atomic E-state index is 12.3. The first-order valence-electron chi connectivity index (χ1n) is 8.10. The van der Waals surface area contributed by atoms with Crippen molar-refractivity contribution in [2.45, 2.75) is 37.0 Å². The van der Waals surface area contributed by atoms with Crippen molar-refractivity contribution < 1.29 is 39.0 Å². The van der Waals surface area contributed by atoms with E-state index in [1.807, 2.05) is 5.32 Å². The number of carboxylic acids is 1. The third kappa shape index (κ3) is 9.72. The van der Waals surface area contributed by atoms with Crippen LogP contribution in [0.1, 0.15) is 12.8 Å². The number of aliphatic hydroxyl groups excluding tert-OH is 1. The second kappa shape index (κ2) is 12.5. The first kappa shape index (κ1) is 26.1. The minimum atomic E-state index is -1.71. The van der Waals surface area contributed by atoms with Crippen molar-refractivity contribution in [3.05, 3.63) is 0 Å². The van der Waals surface area contributed by atoms with Gasteiger partial charge in [-0.15, -0.1) is 0 Å². The molecule has 0 aromatic rings. The van der Waals surface area contributed by atoms with Gasteiger partial charge in [-0.25, -0.2) is 4.79 Å². The number of aliphatic hydroxyl groups is 1. The normalized spacial score (nSPS) is 14.6. The maximum atomic E-state index is 12.3. The molecule has 0 radical (unpaired) electrons. The zero-order valence-electron chi connectivity index (χ0n) is 15.2. The summed E-state index contributed by atoms with van der Waals surface area (Å²) in [7, 11) is 0. The third-order valence-corrected chi connectivity index (χ3v) is 3.80. The molecule has 164 valence electrons. The Morgan fingerprint density at radius 2 is 1.21 bits per heavy atom. The van der Waals surface area contributed by atoms with E-state index in [0.717, 1.165) is 0 Å². The summed E-state index contributed by atoms with van der Waals surface area (Å²) in [6.07, 6.45) is -1.47. The molecule has 0 aliphatic carbocycles. The molecule has 0 rings (SSSR count). The van der Waals surface area contributed by atoms with Gasteiger partial charge in [0.1, 0.15) is 18.1 Å². The van der Waals surface area contributed by atoms with Crippen molar-refractivity contribution in [3.63, 3.8) is 0 Å². The van der Waals surface area contributed by atoms with Gasteiger partial charge in [-0.3, -0.25) is 24.0 Å². The summed E-state index contributed by atoms with van der Waals surface area (Å²) in [6.45, 7) is -0.874. The van der Waals surface area contributed by atoms with Crippen molar-refractivity contribution >= 4 is 48.1 Å². The predicted octanol–water partition coefficient (Wildman–Crippen LogP) is -5.47. The van der Waals surface area contributed by atoms with Crippen LogP contribution in [0.3, 0.4) is 0 Å². The summed E-state index contributed by atoms with van der Waals surface area (Å²) in [6, 6.07) is -5.97. The average molecular weight is 436 g/mol. The van der Waals surface area contributed by atoms with E-state index in [-0.39, 0.29) is 5.75 Å². The number of nitrogens with two attached hydrogens (primary N) is 3. The van der Waals surface area contributed by atoms with Crippen LogP contribution in [0.15, 0.2) is 0 Å². The number of primary amides is 2. The zero-order valence-corrected chi connectivity index (χ0v) is 16.1. The van der Waals surface area contributed by atoms with E-state index in [2.05, 4.69) is 23.3 Å². The highest BCUT2D eigenvalue weighted by Gasteiger charge is 2.31. The summed E-state index contributed by atoms with van der Waals surface area (Å²) in [4.78, 5) is 69.5. The van der Waals surface area contributed by atoms with Crippen LogP contribution >= 0.6 is 12.6 Å². The summed E-state index contributed by atoms with van der Waals surface area (Å²) in [5, 5.41) is 24.4. The average Bonchev–Trinajstić information content (AvgIpc) is 2.62. The molecule has 15 heteroatoms. The fraction of sp³-hybridized carbons (Fsp3) is 0.571. The van der Waals surface area contributed by atoms with E-state index in [4.69, 9.17) is 22.3 Å². The Bertz CT molecular complexity index is 660. The molecule has 5 amide bonds. The Morgan fingerprint density at radius 1 is 0.793 bits per heavy atom. The third-order valence-electron chi connectivity index (χ3n) is 3.41. The van der Waals surface area contributed by atoms with Crippen LogP contribution in [0, 0.1) is 0 Å².